The molecular weight excluding hydrogens is 552 g/mol. The van der Waals surface area contributed by atoms with Gasteiger partial charge in [-0.25, -0.2) is 4.79 Å². The summed E-state index contributed by atoms with van der Waals surface area (Å²) in [7, 11) is 0. The van der Waals surface area contributed by atoms with Crippen LogP contribution in [0.1, 0.15) is 58.4 Å². The van der Waals surface area contributed by atoms with E-state index in [1.165, 1.54) is 32.4 Å². The van der Waals surface area contributed by atoms with Crippen LogP contribution in [0.5, 0.6) is 0 Å². The molecule has 3 N–H and O–H groups in total. The van der Waals surface area contributed by atoms with Crippen LogP contribution in [0, 0.1) is 0 Å². The summed E-state index contributed by atoms with van der Waals surface area (Å²) in [6.07, 6.45) is 5.58. The molecular formula is C24H36Br2N4O3. The van der Waals surface area contributed by atoms with Gasteiger partial charge in [-0.2, -0.15) is 0 Å². The van der Waals surface area contributed by atoms with Crippen molar-refractivity contribution in [1.82, 2.24) is 15.1 Å². The van der Waals surface area contributed by atoms with Crippen molar-refractivity contribution in [2.45, 2.75) is 77.0 Å². The average molecular weight is 588 g/mol. The Bertz CT molecular complexity index is 822. The van der Waals surface area contributed by atoms with Crippen LogP contribution in [0.3, 0.4) is 0 Å². The molecule has 2 aliphatic heterocycles. The fourth-order valence-corrected chi connectivity index (χ4v) is 5.88. The first-order chi connectivity index (χ1) is 15.5. The maximum absolute atomic E-state index is 13.5. The van der Waals surface area contributed by atoms with Gasteiger partial charge in [0, 0.05) is 34.5 Å². The second-order valence-corrected chi connectivity index (χ2v) is 11.7. The van der Waals surface area contributed by atoms with Gasteiger partial charge in [-0.05, 0) is 109 Å². The maximum Gasteiger partial charge on any atom is 0.408 e. The van der Waals surface area contributed by atoms with E-state index in [1.54, 1.807) is 0 Å². The summed E-state index contributed by atoms with van der Waals surface area (Å²) >= 11 is 6.94. The fraction of sp³-hybridized carbons (Fsp3) is 0.667. The molecule has 0 bridgehead atoms. The third-order valence-corrected chi connectivity index (χ3v) is 7.56. The predicted octanol–water partition coefficient (Wildman–Crippen LogP) is 4.71. The Balaban J connectivity index is 1.70. The van der Waals surface area contributed by atoms with Gasteiger partial charge < -0.3 is 25.6 Å². The highest BCUT2D eigenvalue weighted by atomic mass is 79.9. The van der Waals surface area contributed by atoms with E-state index < -0.39 is 17.7 Å². The summed E-state index contributed by atoms with van der Waals surface area (Å²) in [6.45, 7) is 9.18. The summed E-state index contributed by atoms with van der Waals surface area (Å²) in [5.41, 5.74) is 6.87. The number of amides is 2. The number of halogens is 2. The summed E-state index contributed by atoms with van der Waals surface area (Å²) in [5, 5.41) is 2.82. The quantitative estimate of drug-likeness (QED) is 0.487. The van der Waals surface area contributed by atoms with E-state index in [4.69, 9.17) is 10.5 Å². The van der Waals surface area contributed by atoms with Gasteiger partial charge in [0.1, 0.15) is 11.6 Å². The molecule has 0 unspecified atom stereocenters. The highest BCUT2D eigenvalue weighted by molar-refractivity contribution is 9.11. The number of likely N-dealkylation sites (tertiary alicyclic amines) is 2. The normalized spacial score (nSPS) is 19.2. The van der Waals surface area contributed by atoms with Gasteiger partial charge in [0.2, 0.25) is 5.91 Å². The van der Waals surface area contributed by atoms with Gasteiger partial charge >= 0.3 is 6.09 Å². The number of nitrogens with one attached hydrogen (secondary N) is 1. The molecule has 2 fully saturated rings. The van der Waals surface area contributed by atoms with Crippen molar-refractivity contribution >= 4 is 49.5 Å². The summed E-state index contributed by atoms with van der Waals surface area (Å²) < 4.78 is 6.94. The van der Waals surface area contributed by atoms with E-state index in [9.17, 15) is 9.59 Å². The zero-order chi connectivity index (χ0) is 24.2. The number of hydrogen-bond donors (Lipinski definition) is 2. The molecule has 33 heavy (non-hydrogen) atoms. The Morgan fingerprint density at radius 1 is 1.09 bits per heavy atom. The van der Waals surface area contributed by atoms with Crippen LogP contribution in [0.15, 0.2) is 21.1 Å². The van der Waals surface area contributed by atoms with Gasteiger partial charge in [0.25, 0.3) is 0 Å². The Kier molecular flexibility index (Phi) is 9.08. The molecule has 0 saturated carbocycles. The van der Waals surface area contributed by atoms with Gasteiger partial charge in [-0.3, -0.25) is 4.79 Å². The molecule has 0 radical (unpaired) electrons. The van der Waals surface area contributed by atoms with Crippen LogP contribution in [0.2, 0.25) is 0 Å². The van der Waals surface area contributed by atoms with E-state index in [0.29, 0.717) is 31.2 Å². The minimum Gasteiger partial charge on any atom is -0.444 e. The van der Waals surface area contributed by atoms with E-state index >= 15 is 0 Å². The smallest absolute Gasteiger partial charge is 0.408 e. The lowest BCUT2D eigenvalue weighted by molar-refractivity contribution is -0.135. The molecule has 2 amide bonds. The van der Waals surface area contributed by atoms with Crippen LogP contribution in [-0.2, 0) is 16.0 Å². The van der Waals surface area contributed by atoms with E-state index in [1.807, 2.05) is 37.8 Å². The molecule has 1 atom stereocenters. The summed E-state index contributed by atoms with van der Waals surface area (Å²) in [6, 6.07) is 3.61. The van der Waals surface area contributed by atoms with Gasteiger partial charge in [-0.15, -0.1) is 0 Å². The Morgan fingerprint density at radius 2 is 1.67 bits per heavy atom. The lowest BCUT2D eigenvalue weighted by Gasteiger charge is -2.41. The number of carbonyl (C=O) groups is 2. The van der Waals surface area contributed by atoms with Crippen LogP contribution >= 0.6 is 31.9 Å². The molecule has 3 rings (SSSR count). The van der Waals surface area contributed by atoms with E-state index in [-0.39, 0.29) is 5.91 Å². The number of hydrogen-bond acceptors (Lipinski definition) is 5. The van der Waals surface area contributed by atoms with Crippen LogP contribution in [0.25, 0.3) is 0 Å². The van der Waals surface area contributed by atoms with Crippen LogP contribution in [0.4, 0.5) is 10.5 Å². The minimum atomic E-state index is -0.714. The Labute approximate surface area is 214 Å². The maximum atomic E-state index is 13.5. The lowest BCUT2D eigenvalue weighted by Crippen LogP contribution is -2.54. The predicted molar refractivity (Wildman–Crippen MR) is 138 cm³/mol. The monoisotopic (exact) mass is 586 g/mol. The number of anilines is 1. The van der Waals surface area contributed by atoms with Crippen molar-refractivity contribution in [3.8, 4) is 0 Å². The van der Waals surface area contributed by atoms with E-state index in [0.717, 1.165) is 27.4 Å². The lowest BCUT2D eigenvalue weighted by atomic mass is 9.98. The average Bonchev–Trinajstić information content (AvgIpc) is 2.76. The number of nitrogens with zero attached hydrogens (tertiary/aromatic N) is 2. The van der Waals surface area contributed by atoms with Crippen molar-refractivity contribution in [2.24, 2.45) is 0 Å². The van der Waals surface area contributed by atoms with E-state index in [2.05, 4.69) is 42.1 Å². The van der Waals surface area contributed by atoms with Gasteiger partial charge in [0.15, 0.2) is 0 Å². The number of benzene rings is 1. The largest absolute Gasteiger partial charge is 0.444 e. The minimum absolute atomic E-state index is 0.0676. The Morgan fingerprint density at radius 3 is 2.21 bits per heavy atom. The number of carbonyl (C=O) groups excluding carboxylic acids is 2. The van der Waals surface area contributed by atoms with Crippen molar-refractivity contribution in [3.63, 3.8) is 0 Å². The standard InChI is InChI=1S/C24H36Br2N4O3/c1-24(2,3)33-23(32)28-20(15-16-13-18(25)21(27)19(26)14-16)22(31)30-11-7-17(8-12-30)29-9-5-4-6-10-29/h13-14,17,20H,4-12,15,27H2,1-3H3,(H,28,32)/t20-/m0/s1. The topological polar surface area (TPSA) is 87.9 Å². The molecule has 1 aromatic carbocycles. The SMILES string of the molecule is CC(C)(C)OC(=O)N[C@@H](Cc1cc(Br)c(N)c(Br)c1)C(=O)N1CCC(N2CCCCC2)CC1. The number of nitrogens with two attached hydrogens (primary N) is 1. The summed E-state index contributed by atoms with van der Waals surface area (Å²) in [5.74, 6) is -0.0676. The van der Waals surface area contributed by atoms with Crippen molar-refractivity contribution in [2.75, 3.05) is 31.9 Å². The fourth-order valence-electron chi connectivity index (χ4n) is 4.60. The Hall–Kier alpha value is -1.32. The molecule has 2 aliphatic rings. The molecule has 2 saturated heterocycles. The zero-order valence-corrected chi connectivity index (χ0v) is 23.0. The molecule has 1 aromatic rings. The van der Waals surface area contributed by atoms with Crippen LogP contribution in [-0.4, -0.2) is 65.7 Å². The molecule has 0 aromatic heterocycles. The molecule has 184 valence electrons. The van der Waals surface area contributed by atoms with Gasteiger partial charge in [-0.1, -0.05) is 6.42 Å². The molecule has 7 nitrogen and oxygen atoms in total. The van der Waals surface area contributed by atoms with Crippen LogP contribution < -0.4 is 11.1 Å². The zero-order valence-electron chi connectivity index (χ0n) is 19.8. The number of rotatable bonds is 5. The van der Waals surface area contributed by atoms with Gasteiger partial charge in [0.05, 0.1) is 5.69 Å². The first kappa shape index (κ1) is 26.3. The third kappa shape index (κ3) is 7.59. The van der Waals surface area contributed by atoms with Crippen molar-refractivity contribution in [1.29, 1.82) is 0 Å². The highest BCUT2D eigenvalue weighted by Gasteiger charge is 2.32. The number of piperidine rings is 2. The second-order valence-electron chi connectivity index (χ2n) is 10.0. The first-order valence-electron chi connectivity index (χ1n) is 11.8. The molecule has 0 aliphatic carbocycles. The molecule has 0 spiro atoms. The number of alkyl carbamates (subject to hydrolysis) is 1. The van der Waals surface area contributed by atoms with Crippen molar-refractivity contribution < 1.29 is 14.3 Å². The highest BCUT2D eigenvalue weighted by Crippen LogP contribution is 2.30. The molecule has 2 heterocycles. The number of nitrogen functional groups attached to an aromatic ring is 1. The second kappa shape index (κ2) is 11.4. The third-order valence-electron chi connectivity index (χ3n) is 6.25. The number of ether oxygens (including phenoxy) is 1. The summed E-state index contributed by atoms with van der Waals surface area (Å²) in [4.78, 5) is 30.5. The van der Waals surface area contributed by atoms with Crippen molar-refractivity contribution in [3.05, 3.63) is 26.6 Å². The molecule has 9 heteroatoms. The first-order valence-corrected chi connectivity index (χ1v) is 13.4.